The largest absolute Gasteiger partial charge is 0.325 e. The summed E-state index contributed by atoms with van der Waals surface area (Å²) in [5.74, 6) is 1.19. The number of piperidine rings is 1. The normalized spacial score (nSPS) is 21.5. The van der Waals surface area contributed by atoms with Crippen molar-refractivity contribution >= 4 is 34.9 Å². The van der Waals surface area contributed by atoms with E-state index in [0.29, 0.717) is 23.6 Å². The molecule has 0 saturated carbocycles. The van der Waals surface area contributed by atoms with Gasteiger partial charge in [-0.3, -0.25) is 14.5 Å². The first kappa shape index (κ1) is 24.7. The Labute approximate surface area is 233 Å². The molecule has 1 aromatic heterocycles. The zero-order chi connectivity index (χ0) is 26.7. The fourth-order valence-electron chi connectivity index (χ4n) is 7.20. The third-order valence-electron chi connectivity index (χ3n) is 9.34. The zero-order valence-electron chi connectivity index (χ0n) is 22.2. The SMILES string of the molecule is CC1CCc2ncnc(N3CC4(CCN(CCCN5C(=O)c6ccccc6C5=O)CC4)c4cc(Cl)ccc43)c21. The maximum atomic E-state index is 12.7. The highest BCUT2D eigenvalue weighted by Gasteiger charge is 2.46. The van der Waals surface area contributed by atoms with E-state index >= 15 is 0 Å². The van der Waals surface area contributed by atoms with E-state index in [9.17, 15) is 9.59 Å². The maximum Gasteiger partial charge on any atom is 0.261 e. The van der Waals surface area contributed by atoms with Crippen LogP contribution in [-0.4, -0.2) is 64.3 Å². The Morgan fingerprint density at radius 3 is 2.49 bits per heavy atom. The molecule has 0 radical (unpaired) electrons. The number of imide groups is 1. The summed E-state index contributed by atoms with van der Waals surface area (Å²) in [5, 5.41) is 0.777. The van der Waals surface area contributed by atoms with E-state index in [2.05, 4.69) is 33.8 Å². The highest BCUT2D eigenvalue weighted by atomic mass is 35.5. The second-order valence-electron chi connectivity index (χ2n) is 11.5. The summed E-state index contributed by atoms with van der Waals surface area (Å²) in [6.45, 7) is 6.46. The lowest BCUT2D eigenvalue weighted by Crippen LogP contribution is -2.45. The molecule has 1 atom stereocenters. The Balaban J connectivity index is 1.05. The number of hydrogen-bond acceptors (Lipinski definition) is 6. The molecule has 4 heterocycles. The third kappa shape index (κ3) is 3.97. The summed E-state index contributed by atoms with van der Waals surface area (Å²) in [6, 6.07) is 13.4. The molecule has 2 aromatic carbocycles. The molecule has 1 unspecified atom stereocenters. The number of benzene rings is 2. The first-order valence-corrected chi connectivity index (χ1v) is 14.4. The number of aryl methyl sites for hydroxylation is 1. The topological polar surface area (TPSA) is 69.6 Å². The molecule has 200 valence electrons. The van der Waals surface area contributed by atoms with Gasteiger partial charge in [0.1, 0.15) is 12.1 Å². The smallest absolute Gasteiger partial charge is 0.261 e. The number of hydrogen-bond donors (Lipinski definition) is 0. The molecule has 3 aromatic rings. The molecule has 0 bridgehead atoms. The van der Waals surface area contributed by atoms with Crippen LogP contribution in [0.15, 0.2) is 48.8 Å². The summed E-state index contributed by atoms with van der Waals surface area (Å²) in [5.41, 5.74) is 6.12. The third-order valence-corrected chi connectivity index (χ3v) is 9.57. The van der Waals surface area contributed by atoms with Gasteiger partial charge in [-0.25, -0.2) is 9.97 Å². The van der Waals surface area contributed by atoms with Gasteiger partial charge >= 0.3 is 0 Å². The number of anilines is 2. The van der Waals surface area contributed by atoms with Gasteiger partial charge in [-0.1, -0.05) is 30.7 Å². The number of nitrogens with zero attached hydrogens (tertiary/aromatic N) is 5. The van der Waals surface area contributed by atoms with Gasteiger partial charge < -0.3 is 9.80 Å². The molecule has 4 aliphatic rings. The van der Waals surface area contributed by atoms with Crippen molar-refractivity contribution in [2.45, 2.75) is 50.4 Å². The second-order valence-corrected chi connectivity index (χ2v) is 12.0. The Hall–Kier alpha value is -3.29. The van der Waals surface area contributed by atoms with Crippen molar-refractivity contribution in [3.8, 4) is 0 Å². The summed E-state index contributed by atoms with van der Waals surface area (Å²) < 4.78 is 0. The molecule has 1 spiro atoms. The minimum absolute atomic E-state index is 0.0267. The van der Waals surface area contributed by atoms with Gasteiger partial charge in [-0.05, 0) is 93.6 Å². The lowest BCUT2D eigenvalue weighted by Gasteiger charge is -2.40. The standard InChI is InChI=1S/C31H32ClN5O2/c1-20-7-9-25-27(20)28(34-19-33-25)37-18-31(24-17-21(32)8-10-26(24)37)11-15-35(16-12-31)13-4-14-36-29(38)22-5-2-3-6-23(22)30(36)39/h2-3,5-6,8,10,17,19-20H,4,7,9,11-16,18H2,1H3. The van der Waals surface area contributed by atoms with Gasteiger partial charge in [0.25, 0.3) is 11.8 Å². The van der Waals surface area contributed by atoms with Crippen molar-refractivity contribution in [2.75, 3.05) is 37.6 Å². The van der Waals surface area contributed by atoms with E-state index in [-0.39, 0.29) is 17.2 Å². The van der Waals surface area contributed by atoms with Crippen LogP contribution in [0.25, 0.3) is 0 Å². The van der Waals surface area contributed by atoms with E-state index in [1.165, 1.54) is 27.4 Å². The minimum Gasteiger partial charge on any atom is -0.325 e. The van der Waals surface area contributed by atoms with Crippen LogP contribution >= 0.6 is 11.6 Å². The number of aromatic nitrogens is 2. The minimum atomic E-state index is -0.168. The van der Waals surface area contributed by atoms with E-state index in [1.54, 1.807) is 18.5 Å². The van der Waals surface area contributed by atoms with Gasteiger partial charge in [-0.2, -0.15) is 0 Å². The molecule has 7 rings (SSSR count). The number of fused-ring (bicyclic) bond motifs is 4. The maximum absolute atomic E-state index is 12.7. The fraction of sp³-hybridized carbons (Fsp3) is 0.419. The summed E-state index contributed by atoms with van der Waals surface area (Å²) in [4.78, 5) is 41.1. The van der Waals surface area contributed by atoms with Crippen molar-refractivity contribution in [1.29, 1.82) is 0 Å². The van der Waals surface area contributed by atoms with Gasteiger partial charge in [0.15, 0.2) is 0 Å². The number of halogens is 1. The number of carbonyl (C=O) groups is 2. The van der Waals surface area contributed by atoms with Crippen LogP contribution in [0.2, 0.25) is 5.02 Å². The van der Waals surface area contributed by atoms with Crippen LogP contribution in [0.4, 0.5) is 11.5 Å². The summed E-state index contributed by atoms with van der Waals surface area (Å²) >= 11 is 6.54. The fourth-order valence-corrected chi connectivity index (χ4v) is 7.37. The highest BCUT2D eigenvalue weighted by molar-refractivity contribution is 6.30. The monoisotopic (exact) mass is 541 g/mol. The zero-order valence-corrected chi connectivity index (χ0v) is 23.0. The molecular formula is C31H32ClN5O2. The number of amides is 2. The molecule has 3 aliphatic heterocycles. The van der Waals surface area contributed by atoms with E-state index in [4.69, 9.17) is 16.6 Å². The van der Waals surface area contributed by atoms with E-state index in [0.717, 1.165) is 69.1 Å². The Morgan fingerprint density at radius 1 is 1.00 bits per heavy atom. The van der Waals surface area contributed by atoms with E-state index in [1.807, 2.05) is 18.2 Å². The predicted octanol–water partition coefficient (Wildman–Crippen LogP) is 5.35. The van der Waals surface area contributed by atoms with Crippen molar-refractivity contribution < 1.29 is 9.59 Å². The first-order valence-electron chi connectivity index (χ1n) is 14.0. The molecule has 1 saturated heterocycles. The molecule has 8 heteroatoms. The average Bonchev–Trinajstić information content (AvgIpc) is 3.56. The molecule has 7 nitrogen and oxygen atoms in total. The first-order chi connectivity index (χ1) is 18.9. The quantitative estimate of drug-likeness (QED) is 0.405. The molecular weight excluding hydrogens is 510 g/mol. The number of likely N-dealkylation sites (tertiary alicyclic amines) is 1. The van der Waals surface area contributed by atoms with Crippen LogP contribution in [0, 0.1) is 0 Å². The second kappa shape index (κ2) is 9.42. The molecule has 39 heavy (non-hydrogen) atoms. The Morgan fingerprint density at radius 2 is 1.74 bits per heavy atom. The lowest BCUT2D eigenvalue weighted by molar-refractivity contribution is 0.0643. The summed E-state index contributed by atoms with van der Waals surface area (Å²) in [6.07, 6.45) is 6.72. The molecule has 2 amide bonds. The molecule has 1 aliphatic carbocycles. The van der Waals surface area contributed by atoms with E-state index < -0.39 is 0 Å². The number of carbonyl (C=O) groups excluding carboxylic acids is 2. The van der Waals surface area contributed by atoms with Gasteiger partial charge in [0.05, 0.1) is 11.1 Å². The predicted molar refractivity (Wildman–Crippen MR) is 151 cm³/mol. The number of rotatable bonds is 5. The van der Waals surface area contributed by atoms with Crippen LogP contribution in [0.3, 0.4) is 0 Å². The van der Waals surface area contributed by atoms with Crippen LogP contribution in [-0.2, 0) is 11.8 Å². The van der Waals surface area contributed by atoms with Gasteiger partial charge in [0.2, 0.25) is 0 Å². The van der Waals surface area contributed by atoms with Crippen molar-refractivity contribution in [1.82, 2.24) is 19.8 Å². The van der Waals surface area contributed by atoms with Crippen LogP contribution in [0.5, 0.6) is 0 Å². The highest BCUT2D eigenvalue weighted by Crippen LogP contribution is 2.52. The molecule has 1 fully saturated rings. The van der Waals surface area contributed by atoms with Crippen molar-refractivity contribution in [2.24, 2.45) is 0 Å². The van der Waals surface area contributed by atoms with Gasteiger partial charge in [0, 0.05) is 40.5 Å². The summed E-state index contributed by atoms with van der Waals surface area (Å²) in [7, 11) is 0. The van der Waals surface area contributed by atoms with Crippen LogP contribution in [0.1, 0.15) is 76.1 Å². The van der Waals surface area contributed by atoms with Crippen molar-refractivity contribution in [3.63, 3.8) is 0 Å². The Bertz CT molecular complexity index is 1450. The van der Waals surface area contributed by atoms with Crippen molar-refractivity contribution in [3.05, 3.63) is 81.8 Å². The average molecular weight is 542 g/mol. The molecule has 0 N–H and O–H groups in total. The van der Waals surface area contributed by atoms with Gasteiger partial charge in [-0.15, -0.1) is 0 Å². The lowest BCUT2D eigenvalue weighted by atomic mass is 9.74. The van der Waals surface area contributed by atoms with Crippen LogP contribution < -0.4 is 4.90 Å². The Kier molecular flexibility index (Phi) is 5.97.